The van der Waals surface area contributed by atoms with Crippen molar-refractivity contribution in [2.24, 2.45) is 5.50 Å². The maximum atomic E-state index is 8.88. The molecule has 0 aliphatic heterocycles. The lowest BCUT2D eigenvalue weighted by Gasteiger charge is -2.21. The fourth-order valence-electron chi connectivity index (χ4n) is 0. The summed E-state index contributed by atoms with van der Waals surface area (Å²) < 4.78 is 8.88. The minimum Gasteiger partial charge on any atom is -0.799 e. The molecule has 8 N–H and O–H groups in total. The van der Waals surface area contributed by atoms with Gasteiger partial charge < -0.3 is 31.3 Å². The Kier molecular flexibility index (Phi) is 14.6. The van der Waals surface area contributed by atoms with Crippen LogP contribution in [0, 0.1) is 0 Å². The highest BCUT2D eigenvalue weighted by molar-refractivity contribution is 7.45. The Morgan fingerprint density at radius 2 is 1.08 bits per heavy atom. The van der Waals surface area contributed by atoms with Gasteiger partial charge in [-0.25, -0.2) is 0 Å². The van der Waals surface area contributed by atoms with E-state index >= 15 is 0 Å². The zero-order chi connectivity index (χ0) is 11.7. The van der Waals surface area contributed by atoms with Crippen molar-refractivity contribution in [3.05, 3.63) is 0 Å². The Bertz CT molecular complexity index is 115. The average molecular weight is 215 g/mol. The second kappa shape index (κ2) is 10.1. The second-order valence-corrected chi connectivity index (χ2v) is 4.41. The van der Waals surface area contributed by atoms with Gasteiger partial charge in [0.2, 0.25) is 0 Å². The number of hydrogen-bond acceptors (Lipinski definition) is 3. The molecule has 0 rings (SSSR count). The lowest BCUT2D eigenvalue weighted by atomic mass is 10.4. The van der Waals surface area contributed by atoms with Gasteiger partial charge >= 0.3 is 0 Å². The van der Waals surface area contributed by atoms with E-state index in [4.69, 9.17) is 14.4 Å². The normalized spacial score (nSPS) is 10.1. The van der Waals surface area contributed by atoms with Crippen molar-refractivity contribution in [1.29, 1.82) is 0 Å². The van der Waals surface area contributed by atoms with Crippen LogP contribution in [0.4, 0.5) is 0 Å². The first-order chi connectivity index (χ1) is 5.46. The van der Waals surface area contributed by atoms with Gasteiger partial charge in [-0.3, -0.25) is 0 Å². The smallest absolute Gasteiger partial charge is 0.0786 e. The molecule has 6 nitrogen and oxygen atoms in total. The molecule has 0 unspecified atom stereocenters. The van der Waals surface area contributed by atoms with Gasteiger partial charge in [0.05, 0.1) is 12.1 Å². The molecule has 0 saturated carbocycles. The molecule has 0 amide bonds. The highest BCUT2D eigenvalue weighted by atomic mass is 31.2. The van der Waals surface area contributed by atoms with E-state index in [1.165, 1.54) is 0 Å². The minimum atomic E-state index is -4.64. The first-order valence-corrected chi connectivity index (χ1v) is 5.54. The van der Waals surface area contributed by atoms with Gasteiger partial charge in [-0.1, -0.05) is 0 Å². The van der Waals surface area contributed by atoms with Gasteiger partial charge in [0.1, 0.15) is 0 Å². The molecule has 0 aliphatic carbocycles. The van der Waals surface area contributed by atoms with E-state index < -0.39 is 7.75 Å². The Balaban J connectivity index is -0.000000117. The largest absolute Gasteiger partial charge is 0.799 e. The Morgan fingerprint density at radius 1 is 1.08 bits per heavy atom. The lowest BCUT2D eigenvalue weighted by Crippen LogP contribution is -2.57. The first kappa shape index (κ1) is 18.7. The quantitative estimate of drug-likeness (QED) is 0.371. The number of hydrogen-bond donors (Lipinski definition) is 3. The van der Waals surface area contributed by atoms with Gasteiger partial charge in [-0.15, -0.1) is 0 Å². The molecule has 0 saturated heterocycles. The molecule has 0 aromatic carbocycles. The van der Waals surface area contributed by atoms with Crippen molar-refractivity contribution in [2.75, 3.05) is 0 Å². The van der Waals surface area contributed by atoms with Crippen LogP contribution in [0.1, 0.15) is 27.7 Å². The summed E-state index contributed by atoms with van der Waals surface area (Å²) in [5, 5.41) is 0. The summed E-state index contributed by atoms with van der Waals surface area (Å²) in [6.45, 7) is 8.22. The predicted molar refractivity (Wildman–Crippen MR) is 47.8 cm³/mol. The molecule has 13 heavy (non-hydrogen) atoms. The summed E-state index contributed by atoms with van der Waals surface area (Å²) in [6, 6.07) is 1.17. The number of rotatable bonds is 0. The summed E-state index contributed by atoms with van der Waals surface area (Å²) in [7, 11) is -4.64. The van der Waals surface area contributed by atoms with Crippen molar-refractivity contribution in [3.63, 3.8) is 0 Å². The Morgan fingerprint density at radius 3 is 1.08 bits per heavy atom. The van der Waals surface area contributed by atoms with Gasteiger partial charge in [-0.2, -0.15) is 0 Å². The molecule has 0 atom stereocenters. The number of quaternary nitrogens is 2. The van der Waals surface area contributed by atoms with Crippen molar-refractivity contribution in [1.82, 2.24) is 0 Å². The molecule has 0 aromatic heterocycles. The fraction of sp³-hybridized carbons (Fsp3) is 1.00. The van der Waals surface area contributed by atoms with E-state index in [1.807, 2.05) is 0 Å². The maximum absolute atomic E-state index is 8.88. The molecule has 0 bridgehead atoms. The summed E-state index contributed by atoms with van der Waals surface area (Å²) >= 11 is 0. The predicted octanol–water partition coefficient (Wildman–Crippen LogP) is -2.95. The zero-order valence-corrected chi connectivity index (χ0v) is 9.71. The molecular weight excluding hydrogens is 193 g/mol. The first-order valence-electron chi connectivity index (χ1n) is 3.93. The molecule has 0 aromatic rings. The topological polar surface area (TPSA) is 144 Å². The van der Waals surface area contributed by atoms with E-state index in [2.05, 4.69) is 44.7 Å². The fourth-order valence-corrected chi connectivity index (χ4v) is 0. The second-order valence-electron chi connectivity index (χ2n) is 3.33. The van der Waals surface area contributed by atoms with Crippen LogP contribution in [-0.2, 0) is 4.57 Å². The highest BCUT2D eigenvalue weighted by Crippen LogP contribution is 2.04. The van der Waals surface area contributed by atoms with Gasteiger partial charge in [0.25, 0.3) is 0 Å². The molecule has 7 heteroatoms. The van der Waals surface area contributed by atoms with Gasteiger partial charge in [0.15, 0.2) is 0 Å². The molecule has 0 aliphatic rings. The Hall–Kier alpha value is 0.0300. The molecule has 0 heterocycles. The van der Waals surface area contributed by atoms with Crippen LogP contribution < -0.4 is 26.8 Å². The molecule has 0 fully saturated rings. The Labute approximate surface area is 79.7 Å². The van der Waals surface area contributed by atoms with Crippen LogP contribution in [-0.4, -0.2) is 12.1 Å². The zero-order valence-electron chi connectivity index (χ0n) is 8.82. The summed E-state index contributed by atoms with van der Waals surface area (Å²) in [5.41, 5.74) is 11.1. The van der Waals surface area contributed by atoms with Crippen molar-refractivity contribution < 1.29 is 25.8 Å². The molecular formula is C6H22N3O3P. The van der Waals surface area contributed by atoms with E-state index in [9.17, 15) is 0 Å². The maximum Gasteiger partial charge on any atom is 0.0786 e. The van der Waals surface area contributed by atoms with Crippen LogP contribution in [0.3, 0.4) is 0 Å². The summed E-state index contributed by atoms with van der Waals surface area (Å²) in [6.07, 6.45) is 0. The molecule has 0 spiro atoms. The standard InChI is InChI=1S/2C3H9N.H4NO3P/c2*1-3(2)4;1-5(2,3)4/h2*3H,4H2,1-2H3;(H4,1,2,3,4). The van der Waals surface area contributed by atoms with Gasteiger partial charge in [0, 0.05) is 0 Å². The average Bonchev–Trinajstić information content (AvgIpc) is 1.50. The third-order valence-electron chi connectivity index (χ3n) is 0. The summed E-state index contributed by atoms with van der Waals surface area (Å²) in [4.78, 5) is 17.8. The van der Waals surface area contributed by atoms with Crippen LogP contribution in [0.25, 0.3) is 0 Å². The molecule has 84 valence electrons. The lowest BCUT2D eigenvalue weighted by molar-refractivity contribution is -0.408. The summed E-state index contributed by atoms with van der Waals surface area (Å²) in [5.74, 6) is 0. The van der Waals surface area contributed by atoms with E-state index in [0.717, 1.165) is 0 Å². The van der Waals surface area contributed by atoms with E-state index in [0.29, 0.717) is 12.1 Å². The monoisotopic (exact) mass is 215 g/mol. The van der Waals surface area contributed by atoms with Crippen molar-refractivity contribution in [3.8, 4) is 0 Å². The van der Waals surface area contributed by atoms with E-state index in [-0.39, 0.29) is 0 Å². The molecule has 0 radical (unpaired) electrons. The minimum absolute atomic E-state index is 0.583. The van der Waals surface area contributed by atoms with Crippen LogP contribution in [0.15, 0.2) is 0 Å². The van der Waals surface area contributed by atoms with E-state index in [1.54, 1.807) is 0 Å². The van der Waals surface area contributed by atoms with Gasteiger partial charge in [-0.05, 0) is 35.4 Å². The van der Waals surface area contributed by atoms with Crippen LogP contribution in [0.5, 0.6) is 0 Å². The van der Waals surface area contributed by atoms with Crippen LogP contribution in [0.2, 0.25) is 0 Å². The SMILES string of the molecule is CC(C)[NH3+].CC(C)[NH3+].NP(=O)([O-])[O-]. The highest BCUT2D eigenvalue weighted by Gasteiger charge is 1.72. The third kappa shape index (κ3) is 1340000. The number of nitrogens with two attached hydrogens (primary N) is 1. The van der Waals surface area contributed by atoms with Crippen LogP contribution >= 0.6 is 7.75 Å². The third-order valence-corrected chi connectivity index (χ3v) is 0. The van der Waals surface area contributed by atoms with Crippen molar-refractivity contribution >= 4 is 7.75 Å². The van der Waals surface area contributed by atoms with Crippen molar-refractivity contribution in [2.45, 2.75) is 39.8 Å².